The van der Waals surface area contributed by atoms with Crippen LogP contribution in [0.2, 0.25) is 0 Å². The van der Waals surface area contributed by atoms with Gasteiger partial charge in [-0.05, 0) is 44.5 Å². The molecule has 0 aliphatic rings. The van der Waals surface area contributed by atoms with E-state index in [-0.39, 0.29) is 11.9 Å². The standard InChI is InChI=1S/C13H18O2/c1-5-12(14)11-6-7-13(10(4)8-11)15-9(2)3/h6-9H,5H2,1-4H3. The zero-order chi connectivity index (χ0) is 11.4. The number of aryl methyl sites for hydroxylation is 1. The van der Waals surface area contributed by atoms with Gasteiger partial charge in [0.2, 0.25) is 0 Å². The number of ketones is 1. The Labute approximate surface area is 91.3 Å². The summed E-state index contributed by atoms with van der Waals surface area (Å²) in [6.45, 7) is 7.81. The minimum atomic E-state index is 0.163. The second-order valence-electron chi connectivity index (χ2n) is 3.92. The summed E-state index contributed by atoms with van der Waals surface area (Å²) in [7, 11) is 0. The maximum atomic E-state index is 11.5. The highest BCUT2D eigenvalue weighted by Gasteiger charge is 2.07. The zero-order valence-corrected chi connectivity index (χ0v) is 9.83. The van der Waals surface area contributed by atoms with Gasteiger partial charge in [0.15, 0.2) is 5.78 Å². The van der Waals surface area contributed by atoms with Crippen LogP contribution in [-0.4, -0.2) is 11.9 Å². The number of hydrogen-bond acceptors (Lipinski definition) is 2. The highest BCUT2D eigenvalue weighted by atomic mass is 16.5. The SMILES string of the molecule is CCC(=O)c1ccc(OC(C)C)c(C)c1. The van der Waals surface area contributed by atoms with Crippen LogP contribution in [0.4, 0.5) is 0 Å². The molecule has 0 N–H and O–H groups in total. The van der Waals surface area contributed by atoms with Crippen LogP contribution in [-0.2, 0) is 0 Å². The van der Waals surface area contributed by atoms with Crippen molar-refractivity contribution in [2.75, 3.05) is 0 Å². The molecule has 0 spiro atoms. The molecule has 0 saturated carbocycles. The van der Waals surface area contributed by atoms with E-state index in [1.54, 1.807) is 0 Å². The number of carbonyl (C=O) groups excluding carboxylic acids is 1. The van der Waals surface area contributed by atoms with Crippen molar-refractivity contribution in [1.82, 2.24) is 0 Å². The summed E-state index contributed by atoms with van der Waals surface area (Å²) in [5.41, 5.74) is 1.79. The highest BCUT2D eigenvalue weighted by Crippen LogP contribution is 2.21. The van der Waals surface area contributed by atoms with Crippen LogP contribution in [0.3, 0.4) is 0 Å². The molecule has 0 amide bonds. The van der Waals surface area contributed by atoms with Crippen molar-refractivity contribution in [1.29, 1.82) is 0 Å². The van der Waals surface area contributed by atoms with Crippen molar-refractivity contribution in [2.45, 2.75) is 40.2 Å². The topological polar surface area (TPSA) is 26.3 Å². The van der Waals surface area contributed by atoms with Gasteiger partial charge in [0.25, 0.3) is 0 Å². The van der Waals surface area contributed by atoms with Crippen LogP contribution < -0.4 is 4.74 Å². The lowest BCUT2D eigenvalue weighted by atomic mass is 10.1. The van der Waals surface area contributed by atoms with Crippen LogP contribution in [0.1, 0.15) is 43.1 Å². The van der Waals surface area contributed by atoms with Gasteiger partial charge in [-0.15, -0.1) is 0 Å². The second-order valence-corrected chi connectivity index (χ2v) is 3.92. The first-order chi connectivity index (χ1) is 7.04. The van der Waals surface area contributed by atoms with Crippen molar-refractivity contribution in [2.24, 2.45) is 0 Å². The highest BCUT2D eigenvalue weighted by molar-refractivity contribution is 5.96. The van der Waals surface area contributed by atoms with E-state index in [1.165, 1.54) is 0 Å². The van der Waals surface area contributed by atoms with Gasteiger partial charge in [-0.1, -0.05) is 6.92 Å². The fourth-order valence-electron chi connectivity index (χ4n) is 1.41. The minimum Gasteiger partial charge on any atom is -0.491 e. The Morgan fingerprint density at radius 3 is 2.53 bits per heavy atom. The number of Topliss-reactive ketones (excluding diaryl/α,β-unsaturated/α-hetero) is 1. The molecule has 0 atom stereocenters. The van der Waals surface area contributed by atoms with E-state index in [2.05, 4.69) is 0 Å². The molecule has 82 valence electrons. The van der Waals surface area contributed by atoms with Crippen LogP contribution in [0.5, 0.6) is 5.75 Å². The monoisotopic (exact) mass is 206 g/mol. The molecule has 1 aromatic rings. The number of benzene rings is 1. The van der Waals surface area contributed by atoms with E-state index in [1.807, 2.05) is 45.9 Å². The molecule has 0 aliphatic heterocycles. The molecule has 0 radical (unpaired) electrons. The van der Waals surface area contributed by atoms with Crippen LogP contribution in [0.25, 0.3) is 0 Å². The summed E-state index contributed by atoms with van der Waals surface area (Å²) >= 11 is 0. The van der Waals surface area contributed by atoms with Crippen LogP contribution in [0.15, 0.2) is 18.2 Å². The predicted molar refractivity (Wildman–Crippen MR) is 61.6 cm³/mol. The molecule has 0 fully saturated rings. The van der Waals surface area contributed by atoms with Crippen molar-refractivity contribution in [3.05, 3.63) is 29.3 Å². The zero-order valence-electron chi connectivity index (χ0n) is 9.83. The molecule has 2 nitrogen and oxygen atoms in total. The van der Waals surface area contributed by atoms with E-state index in [0.717, 1.165) is 16.9 Å². The molecule has 2 heteroatoms. The molecular weight excluding hydrogens is 188 g/mol. The Morgan fingerprint density at radius 1 is 1.40 bits per heavy atom. The largest absolute Gasteiger partial charge is 0.491 e. The van der Waals surface area contributed by atoms with E-state index in [4.69, 9.17) is 4.74 Å². The van der Waals surface area contributed by atoms with E-state index >= 15 is 0 Å². The van der Waals surface area contributed by atoms with Gasteiger partial charge in [-0.2, -0.15) is 0 Å². The molecule has 0 bridgehead atoms. The summed E-state index contributed by atoms with van der Waals surface area (Å²) in [6, 6.07) is 5.60. The Balaban J connectivity index is 2.93. The number of rotatable bonds is 4. The second kappa shape index (κ2) is 4.96. The predicted octanol–water partition coefficient (Wildman–Crippen LogP) is 3.37. The minimum absolute atomic E-state index is 0.163. The average molecular weight is 206 g/mol. The molecule has 0 aliphatic carbocycles. The Morgan fingerprint density at radius 2 is 2.07 bits per heavy atom. The third-order valence-corrected chi connectivity index (χ3v) is 2.18. The first kappa shape index (κ1) is 11.8. The smallest absolute Gasteiger partial charge is 0.162 e. The van der Waals surface area contributed by atoms with Gasteiger partial charge >= 0.3 is 0 Å². The van der Waals surface area contributed by atoms with Gasteiger partial charge in [0.05, 0.1) is 6.10 Å². The molecule has 0 aromatic heterocycles. The first-order valence-corrected chi connectivity index (χ1v) is 5.35. The van der Waals surface area contributed by atoms with Crippen LogP contribution >= 0.6 is 0 Å². The van der Waals surface area contributed by atoms with E-state index in [0.29, 0.717) is 6.42 Å². The third-order valence-electron chi connectivity index (χ3n) is 2.18. The fraction of sp³-hybridized carbons (Fsp3) is 0.462. The Bertz CT molecular complexity index is 354. The maximum absolute atomic E-state index is 11.5. The average Bonchev–Trinajstić information content (AvgIpc) is 2.19. The fourth-order valence-corrected chi connectivity index (χ4v) is 1.41. The van der Waals surface area contributed by atoms with Crippen LogP contribution in [0, 0.1) is 6.92 Å². The van der Waals surface area contributed by atoms with Gasteiger partial charge in [0.1, 0.15) is 5.75 Å². The lowest BCUT2D eigenvalue weighted by molar-refractivity contribution is 0.0988. The van der Waals surface area contributed by atoms with Gasteiger partial charge in [-0.3, -0.25) is 4.79 Å². The Kier molecular flexibility index (Phi) is 3.89. The lowest BCUT2D eigenvalue weighted by Gasteiger charge is -2.12. The lowest BCUT2D eigenvalue weighted by Crippen LogP contribution is -2.07. The molecule has 1 aromatic carbocycles. The number of hydrogen-bond donors (Lipinski definition) is 0. The molecule has 0 saturated heterocycles. The molecular formula is C13H18O2. The summed E-state index contributed by atoms with van der Waals surface area (Å²) in [5.74, 6) is 1.03. The van der Waals surface area contributed by atoms with Gasteiger partial charge in [-0.25, -0.2) is 0 Å². The molecule has 1 rings (SSSR count). The van der Waals surface area contributed by atoms with Crippen molar-refractivity contribution >= 4 is 5.78 Å². The summed E-state index contributed by atoms with van der Waals surface area (Å²) < 4.78 is 5.60. The molecule has 0 unspecified atom stereocenters. The van der Waals surface area contributed by atoms with E-state index < -0.39 is 0 Å². The van der Waals surface area contributed by atoms with Crippen molar-refractivity contribution in [3.63, 3.8) is 0 Å². The first-order valence-electron chi connectivity index (χ1n) is 5.35. The Hall–Kier alpha value is -1.31. The molecule has 15 heavy (non-hydrogen) atoms. The van der Waals surface area contributed by atoms with Gasteiger partial charge < -0.3 is 4.74 Å². The van der Waals surface area contributed by atoms with E-state index in [9.17, 15) is 4.79 Å². The maximum Gasteiger partial charge on any atom is 0.162 e. The quantitative estimate of drug-likeness (QED) is 0.706. The summed E-state index contributed by atoms with van der Waals surface area (Å²) in [4.78, 5) is 11.5. The number of carbonyl (C=O) groups is 1. The van der Waals surface area contributed by atoms with Gasteiger partial charge in [0, 0.05) is 12.0 Å². The molecule has 0 heterocycles. The van der Waals surface area contributed by atoms with Crippen molar-refractivity contribution < 1.29 is 9.53 Å². The normalized spacial score (nSPS) is 10.5. The number of ether oxygens (including phenoxy) is 1. The van der Waals surface area contributed by atoms with Crippen molar-refractivity contribution in [3.8, 4) is 5.75 Å². The summed E-state index contributed by atoms with van der Waals surface area (Å²) in [5, 5.41) is 0. The summed E-state index contributed by atoms with van der Waals surface area (Å²) in [6.07, 6.45) is 0.709. The third kappa shape index (κ3) is 3.08.